The quantitative estimate of drug-likeness (QED) is 0.767. The highest BCUT2D eigenvalue weighted by Gasteiger charge is 2.42. The monoisotopic (exact) mass is 314 g/mol. The number of benzene rings is 1. The molecule has 0 aliphatic heterocycles. The van der Waals surface area contributed by atoms with Crippen molar-refractivity contribution < 1.29 is 8.42 Å². The molecule has 0 spiro atoms. The molecule has 4 nitrogen and oxygen atoms in total. The van der Waals surface area contributed by atoms with Crippen LogP contribution in [0.4, 0.5) is 0 Å². The molecule has 0 bridgehead atoms. The lowest BCUT2D eigenvalue weighted by Gasteiger charge is -2.13. The largest absolute Gasteiger partial charge is 0.316 e. The van der Waals surface area contributed by atoms with E-state index in [1.807, 2.05) is 37.6 Å². The Hall–Kier alpha value is -0.560. The Morgan fingerprint density at radius 3 is 2.60 bits per heavy atom. The van der Waals surface area contributed by atoms with Crippen LogP contribution in [0.3, 0.4) is 0 Å². The SMILES string of the molecule is CNCc1cccc(CS(=O)(=O)NCC2(SC)CC2)c1. The van der Waals surface area contributed by atoms with Gasteiger partial charge in [-0.25, -0.2) is 13.1 Å². The smallest absolute Gasteiger partial charge is 0.215 e. The molecule has 6 heteroatoms. The highest BCUT2D eigenvalue weighted by Crippen LogP contribution is 2.46. The summed E-state index contributed by atoms with van der Waals surface area (Å²) in [6.45, 7) is 1.30. The van der Waals surface area contributed by atoms with Crippen molar-refractivity contribution in [2.45, 2.75) is 29.9 Å². The minimum Gasteiger partial charge on any atom is -0.316 e. The average molecular weight is 314 g/mol. The first kappa shape index (κ1) is 15.8. The molecule has 0 atom stereocenters. The van der Waals surface area contributed by atoms with Crippen molar-refractivity contribution in [2.24, 2.45) is 0 Å². The molecule has 2 N–H and O–H groups in total. The van der Waals surface area contributed by atoms with E-state index in [4.69, 9.17) is 0 Å². The molecule has 0 saturated heterocycles. The van der Waals surface area contributed by atoms with Crippen LogP contribution >= 0.6 is 11.8 Å². The molecular weight excluding hydrogens is 292 g/mol. The van der Waals surface area contributed by atoms with Crippen LogP contribution in [0.15, 0.2) is 24.3 Å². The van der Waals surface area contributed by atoms with Gasteiger partial charge < -0.3 is 5.32 Å². The number of rotatable bonds is 8. The van der Waals surface area contributed by atoms with E-state index >= 15 is 0 Å². The summed E-state index contributed by atoms with van der Waals surface area (Å²) < 4.78 is 27.1. The molecule has 0 radical (unpaired) electrons. The zero-order valence-electron chi connectivity index (χ0n) is 12.0. The first-order valence-corrected chi connectivity index (χ1v) is 9.61. The van der Waals surface area contributed by atoms with Gasteiger partial charge in [-0.1, -0.05) is 24.3 Å². The Kier molecular flexibility index (Phi) is 5.12. The average Bonchev–Trinajstić information content (AvgIpc) is 3.18. The third-order valence-corrected chi connectivity index (χ3v) is 6.30. The van der Waals surface area contributed by atoms with Gasteiger partial charge in [-0.05, 0) is 37.3 Å². The van der Waals surface area contributed by atoms with Crippen LogP contribution in [0.2, 0.25) is 0 Å². The fourth-order valence-corrected chi connectivity index (χ4v) is 4.17. The van der Waals surface area contributed by atoms with Gasteiger partial charge in [0.05, 0.1) is 5.75 Å². The lowest BCUT2D eigenvalue weighted by molar-refractivity contribution is 0.579. The predicted molar refractivity (Wildman–Crippen MR) is 85.3 cm³/mol. The van der Waals surface area contributed by atoms with Gasteiger partial charge in [-0.3, -0.25) is 0 Å². The molecule has 2 rings (SSSR count). The Morgan fingerprint density at radius 1 is 1.30 bits per heavy atom. The van der Waals surface area contributed by atoms with Crippen LogP contribution in [-0.2, 0) is 22.3 Å². The van der Waals surface area contributed by atoms with Gasteiger partial charge in [-0.2, -0.15) is 11.8 Å². The highest BCUT2D eigenvalue weighted by molar-refractivity contribution is 8.00. The fraction of sp³-hybridized carbons (Fsp3) is 0.571. The maximum Gasteiger partial charge on any atom is 0.215 e. The van der Waals surface area contributed by atoms with E-state index in [9.17, 15) is 8.42 Å². The first-order chi connectivity index (χ1) is 9.49. The van der Waals surface area contributed by atoms with E-state index in [1.54, 1.807) is 11.8 Å². The molecule has 0 heterocycles. The Labute approximate surface area is 125 Å². The molecule has 20 heavy (non-hydrogen) atoms. The third-order valence-electron chi connectivity index (χ3n) is 3.58. The van der Waals surface area contributed by atoms with Gasteiger partial charge in [0.1, 0.15) is 0 Å². The van der Waals surface area contributed by atoms with Gasteiger partial charge in [0, 0.05) is 17.8 Å². The summed E-state index contributed by atoms with van der Waals surface area (Å²) in [5.41, 5.74) is 1.93. The molecule has 1 saturated carbocycles. The number of sulfonamides is 1. The summed E-state index contributed by atoms with van der Waals surface area (Å²) in [5, 5.41) is 3.07. The van der Waals surface area contributed by atoms with Crippen LogP contribution in [-0.4, -0.2) is 33.0 Å². The normalized spacial score (nSPS) is 17.1. The maximum atomic E-state index is 12.1. The van der Waals surface area contributed by atoms with E-state index in [2.05, 4.69) is 10.0 Å². The Balaban J connectivity index is 1.95. The second-order valence-electron chi connectivity index (χ2n) is 5.32. The third kappa shape index (κ3) is 4.48. The van der Waals surface area contributed by atoms with Gasteiger partial charge in [0.2, 0.25) is 10.0 Å². The molecule has 1 aliphatic rings. The molecular formula is C14H22N2O2S2. The van der Waals surface area contributed by atoms with E-state index in [1.165, 1.54) is 0 Å². The number of thioether (sulfide) groups is 1. The summed E-state index contributed by atoms with van der Waals surface area (Å²) >= 11 is 1.76. The van der Waals surface area contributed by atoms with Crippen LogP contribution in [0.25, 0.3) is 0 Å². The molecule has 1 fully saturated rings. The van der Waals surface area contributed by atoms with E-state index in [0.717, 1.165) is 30.5 Å². The minimum absolute atomic E-state index is 0.0506. The van der Waals surface area contributed by atoms with Crippen LogP contribution in [0.5, 0.6) is 0 Å². The predicted octanol–water partition coefficient (Wildman–Crippen LogP) is 1.72. The topological polar surface area (TPSA) is 58.2 Å². The van der Waals surface area contributed by atoms with Gasteiger partial charge >= 0.3 is 0 Å². The standard InChI is InChI=1S/C14H22N2O2S2/c1-15-9-12-4-3-5-13(8-12)10-20(17,18)16-11-14(19-2)6-7-14/h3-5,8,15-16H,6-7,9-11H2,1-2H3. The second-order valence-corrected chi connectivity index (χ2v) is 8.40. The van der Waals surface area contributed by atoms with Gasteiger partial charge in [0.15, 0.2) is 0 Å². The summed E-state index contributed by atoms with van der Waals surface area (Å²) in [7, 11) is -1.38. The number of hydrogen-bond donors (Lipinski definition) is 2. The molecule has 1 aromatic rings. The van der Waals surface area contributed by atoms with Crippen LogP contribution in [0.1, 0.15) is 24.0 Å². The van der Waals surface area contributed by atoms with Gasteiger partial charge in [0.25, 0.3) is 0 Å². The maximum absolute atomic E-state index is 12.1. The number of hydrogen-bond acceptors (Lipinski definition) is 4. The van der Waals surface area contributed by atoms with Crippen LogP contribution < -0.4 is 10.0 Å². The zero-order valence-corrected chi connectivity index (χ0v) is 13.6. The van der Waals surface area contributed by atoms with Crippen molar-refractivity contribution in [1.82, 2.24) is 10.0 Å². The minimum atomic E-state index is -3.25. The van der Waals surface area contributed by atoms with E-state index < -0.39 is 10.0 Å². The lowest BCUT2D eigenvalue weighted by Crippen LogP contribution is -2.32. The molecule has 0 unspecified atom stereocenters. The van der Waals surface area contributed by atoms with Crippen molar-refractivity contribution in [2.75, 3.05) is 19.8 Å². The van der Waals surface area contributed by atoms with E-state index in [0.29, 0.717) is 6.54 Å². The van der Waals surface area contributed by atoms with Crippen molar-refractivity contribution in [3.8, 4) is 0 Å². The van der Waals surface area contributed by atoms with E-state index in [-0.39, 0.29) is 10.5 Å². The Bertz CT molecular complexity index is 554. The Morgan fingerprint density at radius 2 is 2.00 bits per heavy atom. The summed E-state index contributed by atoms with van der Waals surface area (Å²) in [5.74, 6) is 0.0506. The summed E-state index contributed by atoms with van der Waals surface area (Å²) in [6.07, 6.45) is 4.26. The summed E-state index contributed by atoms with van der Waals surface area (Å²) in [6, 6.07) is 7.70. The molecule has 0 aromatic heterocycles. The molecule has 1 aromatic carbocycles. The second kappa shape index (κ2) is 6.47. The van der Waals surface area contributed by atoms with Crippen molar-refractivity contribution in [1.29, 1.82) is 0 Å². The van der Waals surface area contributed by atoms with Crippen LogP contribution in [0, 0.1) is 0 Å². The molecule has 112 valence electrons. The lowest BCUT2D eigenvalue weighted by atomic mass is 10.1. The number of nitrogens with one attached hydrogen (secondary N) is 2. The first-order valence-electron chi connectivity index (χ1n) is 6.73. The van der Waals surface area contributed by atoms with Gasteiger partial charge in [-0.15, -0.1) is 0 Å². The molecule has 1 aliphatic carbocycles. The highest BCUT2D eigenvalue weighted by atomic mass is 32.2. The molecule has 0 amide bonds. The zero-order chi connectivity index (χ0) is 14.6. The summed E-state index contributed by atoms with van der Waals surface area (Å²) in [4.78, 5) is 0. The van der Waals surface area contributed by atoms with Crippen molar-refractivity contribution in [3.63, 3.8) is 0 Å². The van der Waals surface area contributed by atoms with Crippen molar-refractivity contribution in [3.05, 3.63) is 35.4 Å². The van der Waals surface area contributed by atoms with Crippen molar-refractivity contribution >= 4 is 21.8 Å². The fourth-order valence-electron chi connectivity index (χ4n) is 2.14.